The van der Waals surface area contributed by atoms with Crippen LogP contribution in [0, 0.1) is 0 Å². The van der Waals surface area contributed by atoms with E-state index in [2.05, 4.69) is 9.88 Å². The summed E-state index contributed by atoms with van der Waals surface area (Å²) >= 11 is 13.5. The highest BCUT2D eigenvalue weighted by Crippen LogP contribution is 2.27. The van der Waals surface area contributed by atoms with Gasteiger partial charge in [-0.3, -0.25) is 9.36 Å². The van der Waals surface area contributed by atoms with Crippen LogP contribution in [0.2, 0.25) is 10.0 Å². The van der Waals surface area contributed by atoms with E-state index in [1.54, 1.807) is 12.1 Å². The fraction of sp³-hybridized carbons (Fsp3) is 0.130. The molecule has 152 valence electrons. The fourth-order valence-electron chi connectivity index (χ4n) is 3.17. The van der Waals surface area contributed by atoms with E-state index in [1.807, 2.05) is 60.7 Å². The van der Waals surface area contributed by atoms with Crippen molar-refractivity contribution in [1.29, 1.82) is 0 Å². The van der Waals surface area contributed by atoms with E-state index in [9.17, 15) is 4.79 Å². The van der Waals surface area contributed by atoms with Crippen LogP contribution >= 0.6 is 35.0 Å². The lowest BCUT2D eigenvalue weighted by molar-refractivity contribution is -0.118. The number of rotatable bonds is 7. The third-order valence-corrected chi connectivity index (χ3v) is 6.13. The predicted molar refractivity (Wildman–Crippen MR) is 125 cm³/mol. The van der Waals surface area contributed by atoms with Gasteiger partial charge in [-0.1, -0.05) is 71.4 Å². The molecule has 4 rings (SSSR count). The first kappa shape index (κ1) is 20.8. The Labute approximate surface area is 189 Å². The maximum atomic E-state index is 12.4. The molecule has 1 heterocycles. The number of hydrogen-bond acceptors (Lipinski definition) is 3. The van der Waals surface area contributed by atoms with E-state index < -0.39 is 0 Å². The number of halogens is 2. The monoisotopic (exact) mass is 455 g/mol. The summed E-state index contributed by atoms with van der Waals surface area (Å²) in [4.78, 5) is 17.1. The summed E-state index contributed by atoms with van der Waals surface area (Å²) in [5.74, 6) is 0.238. The number of thioether (sulfide) groups is 1. The van der Waals surface area contributed by atoms with Gasteiger partial charge in [0, 0.05) is 22.3 Å². The fourth-order valence-corrected chi connectivity index (χ4v) is 4.53. The van der Waals surface area contributed by atoms with E-state index in [1.165, 1.54) is 11.8 Å². The molecular weight excluding hydrogens is 437 g/mol. The molecule has 0 saturated carbocycles. The number of benzene rings is 3. The molecule has 3 aromatic carbocycles. The Balaban J connectivity index is 1.41. The Morgan fingerprint density at radius 1 is 1.00 bits per heavy atom. The molecule has 0 aliphatic rings. The van der Waals surface area contributed by atoms with Crippen molar-refractivity contribution in [1.82, 2.24) is 14.9 Å². The Bertz CT molecular complexity index is 1180. The quantitative estimate of drug-likeness (QED) is 0.359. The van der Waals surface area contributed by atoms with Crippen LogP contribution in [0.1, 0.15) is 5.56 Å². The number of aromatic nitrogens is 2. The summed E-state index contributed by atoms with van der Waals surface area (Å²) in [7, 11) is 0. The molecule has 0 bridgehead atoms. The lowest BCUT2D eigenvalue weighted by atomic mass is 10.1. The maximum Gasteiger partial charge on any atom is 0.230 e. The van der Waals surface area contributed by atoms with Crippen LogP contribution in [0.5, 0.6) is 0 Å². The van der Waals surface area contributed by atoms with Gasteiger partial charge in [0.05, 0.1) is 16.8 Å². The summed E-state index contributed by atoms with van der Waals surface area (Å²) in [5.41, 5.74) is 3.90. The van der Waals surface area contributed by atoms with E-state index in [0.29, 0.717) is 23.0 Å². The number of carbonyl (C=O) groups is 1. The first-order valence-electron chi connectivity index (χ1n) is 9.48. The van der Waals surface area contributed by atoms with Crippen LogP contribution in [0.15, 0.2) is 78.0 Å². The first-order chi connectivity index (χ1) is 14.6. The topological polar surface area (TPSA) is 46.9 Å². The van der Waals surface area contributed by atoms with Crippen molar-refractivity contribution in [3.63, 3.8) is 0 Å². The van der Waals surface area contributed by atoms with Gasteiger partial charge in [-0.2, -0.15) is 0 Å². The number of fused-ring (bicyclic) bond motifs is 1. The third kappa shape index (κ3) is 4.81. The largest absolute Gasteiger partial charge is 0.355 e. The summed E-state index contributed by atoms with van der Waals surface area (Å²) in [6, 6.07) is 23.4. The van der Waals surface area contributed by atoms with Crippen LogP contribution in [0.3, 0.4) is 0 Å². The SMILES string of the molecule is O=C(CSc1nc2ccccc2n1-c1ccccc1)NCCc1ccc(Cl)cc1Cl. The highest BCUT2D eigenvalue weighted by molar-refractivity contribution is 7.99. The molecule has 0 unspecified atom stereocenters. The standard InChI is InChI=1S/C23H19Cl2N3OS/c24-17-11-10-16(19(25)14-17)12-13-26-22(29)15-30-23-27-20-8-4-5-9-21(20)28(23)18-6-2-1-3-7-18/h1-11,14H,12-13,15H2,(H,26,29). The molecule has 0 aliphatic carbocycles. The van der Waals surface area contributed by atoms with Gasteiger partial charge in [0.25, 0.3) is 0 Å². The first-order valence-corrected chi connectivity index (χ1v) is 11.2. The molecule has 1 N–H and O–H groups in total. The molecule has 1 aromatic heterocycles. The molecule has 4 nitrogen and oxygen atoms in total. The summed E-state index contributed by atoms with van der Waals surface area (Å²) in [6.07, 6.45) is 0.648. The molecule has 4 aromatic rings. The van der Waals surface area contributed by atoms with Crippen molar-refractivity contribution in [2.24, 2.45) is 0 Å². The molecular formula is C23H19Cl2N3OS. The number of para-hydroxylation sites is 3. The summed E-state index contributed by atoms with van der Waals surface area (Å²) in [6.45, 7) is 0.510. The Morgan fingerprint density at radius 2 is 1.77 bits per heavy atom. The minimum absolute atomic E-state index is 0.0447. The Kier molecular flexibility index (Phi) is 6.62. The number of nitrogens with zero attached hydrogens (tertiary/aromatic N) is 2. The van der Waals surface area contributed by atoms with Crippen LogP contribution in [-0.4, -0.2) is 27.8 Å². The molecule has 7 heteroatoms. The molecule has 0 radical (unpaired) electrons. The second kappa shape index (κ2) is 9.56. The van der Waals surface area contributed by atoms with Crippen molar-refractivity contribution in [2.75, 3.05) is 12.3 Å². The second-order valence-corrected chi connectivity index (χ2v) is 8.46. The molecule has 0 spiro atoms. The summed E-state index contributed by atoms with van der Waals surface area (Å²) in [5, 5.41) is 4.95. The van der Waals surface area contributed by atoms with E-state index in [0.717, 1.165) is 27.4 Å². The molecule has 0 aliphatic heterocycles. The number of nitrogens with one attached hydrogen (secondary N) is 1. The molecule has 0 saturated heterocycles. The molecule has 30 heavy (non-hydrogen) atoms. The van der Waals surface area contributed by atoms with Gasteiger partial charge < -0.3 is 5.32 Å². The smallest absolute Gasteiger partial charge is 0.230 e. The molecule has 0 atom stereocenters. The summed E-state index contributed by atoms with van der Waals surface area (Å²) < 4.78 is 2.08. The van der Waals surface area contributed by atoms with Crippen LogP contribution in [0.4, 0.5) is 0 Å². The normalized spacial score (nSPS) is 11.0. The van der Waals surface area contributed by atoms with Gasteiger partial charge in [-0.15, -0.1) is 0 Å². The second-order valence-electron chi connectivity index (χ2n) is 6.68. The van der Waals surface area contributed by atoms with Gasteiger partial charge >= 0.3 is 0 Å². The average molecular weight is 456 g/mol. The van der Waals surface area contributed by atoms with Gasteiger partial charge in [0.2, 0.25) is 5.91 Å². The zero-order valence-electron chi connectivity index (χ0n) is 16.0. The zero-order valence-corrected chi connectivity index (χ0v) is 18.3. The number of hydrogen-bond donors (Lipinski definition) is 1. The molecule has 1 amide bonds. The van der Waals surface area contributed by atoms with Crippen LogP contribution in [-0.2, 0) is 11.2 Å². The average Bonchev–Trinajstić information content (AvgIpc) is 3.13. The van der Waals surface area contributed by atoms with Crippen molar-refractivity contribution < 1.29 is 4.79 Å². The van der Waals surface area contributed by atoms with Gasteiger partial charge in [0.1, 0.15) is 0 Å². The number of imidazole rings is 1. The highest BCUT2D eigenvalue weighted by Gasteiger charge is 2.14. The van der Waals surface area contributed by atoms with Crippen molar-refractivity contribution in [3.8, 4) is 5.69 Å². The van der Waals surface area contributed by atoms with Gasteiger partial charge in [-0.25, -0.2) is 4.98 Å². The van der Waals surface area contributed by atoms with Crippen molar-refractivity contribution >= 4 is 51.9 Å². The number of carbonyl (C=O) groups excluding carboxylic acids is 1. The van der Waals surface area contributed by atoms with Gasteiger partial charge in [-0.05, 0) is 48.4 Å². The third-order valence-electron chi connectivity index (χ3n) is 4.61. The Hall–Kier alpha value is -2.47. The van der Waals surface area contributed by atoms with E-state index in [-0.39, 0.29) is 11.7 Å². The maximum absolute atomic E-state index is 12.4. The zero-order chi connectivity index (χ0) is 20.9. The predicted octanol–water partition coefficient (Wildman–Crippen LogP) is 5.78. The minimum Gasteiger partial charge on any atom is -0.355 e. The van der Waals surface area contributed by atoms with Crippen molar-refractivity contribution in [2.45, 2.75) is 11.6 Å². The lowest BCUT2D eigenvalue weighted by Crippen LogP contribution is -2.27. The van der Waals surface area contributed by atoms with E-state index >= 15 is 0 Å². The minimum atomic E-state index is -0.0447. The molecule has 0 fully saturated rings. The van der Waals surface area contributed by atoms with Crippen molar-refractivity contribution in [3.05, 3.63) is 88.4 Å². The Morgan fingerprint density at radius 3 is 2.57 bits per heavy atom. The van der Waals surface area contributed by atoms with Crippen LogP contribution < -0.4 is 5.32 Å². The van der Waals surface area contributed by atoms with Crippen LogP contribution in [0.25, 0.3) is 16.7 Å². The lowest BCUT2D eigenvalue weighted by Gasteiger charge is -2.09. The van der Waals surface area contributed by atoms with E-state index in [4.69, 9.17) is 28.2 Å². The number of amides is 1. The van der Waals surface area contributed by atoms with Gasteiger partial charge in [0.15, 0.2) is 5.16 Å². The highest BCUT2D eigenvalue weighted by atomic mass is 35.5.